The predicted octanol–water partition coefficient (Wildman–Crippen LogP) is 2.57. The number of carbonyl (C=O) groups excluding carboxylic acids is 1. The summed E-state index contributed by atoms with van der Waals surface area (Å²) < 4.78 is 0. The Morgan fingerprint density at radius 2 is 1.71 bits per heavy atom. The van der Waals surface area contributed by atoms with Crippen LogP contribution >= 0.6 is 0 Å². The molecular weight excluding hydrogens is 266 g/mol. The van der Waals surface area contributed by atoms with Crippen LogP contribution in [0.4, 0.5) is 5.69 Å². The molecule has 0 atom stereocenters. The molecule has 0 fully saturated rings. The number of H-pyrrole nitrogens is 1. The molecule has 0 saturated heterocycles. The van der Waals surface area contributed by atoms with E-state index in [0.717, 1.165) is 16.6 Å². The van der Waals surface area contributed by atoms with Crippen LogP contribution < -0.4 is 11.0 Å². The molecule has 3 rings (SSSR count). The first kappa shape index (κ1) is 14.5. The van der Waals surface area contributed by atoms with Gasteiger partial charge >= 0.3 is 5.69 Å². The van der Waals surface area contributed by atoms with Gasteiger partial charge in [0.1, 0.15) is 0 Å². The quantitative estimate of drug-likeness (QED) is 0.720. The standard InChI is InChI=1S/C8H6N2O.C8H9NO/c11-8-9-5-6-3-1-2-4-7(6)10-8;1-7(10)9-8-5-3-2-4-6-8/h1-5H,(H,9,10,11);2-6H,1H3,(H,9,10). The number of benzene rings is 2. The first-order chi connectivity index (χ1) is 10.1. The molecule has 1 heterocycles. The van der Waals surface area contributed by atoms with Gasteiger partial charge in [0.2, 0.25) is 5.91 Å². The van der Waals surface area contributed by atoms with Crippen LogP contribution in [-0.2, 0) is 4.79 Å². The third kappa shape index (κ3) is 4.58. The molecule has 106 valence electrons. The molecule has 0 aliphatic carbocycles. The molecule has 1 aromatic heterocycles. The van der Waals surface area contributed by atoms with E-state index < -0.39 is 0 Å². The summed E-state index contributed by atoms with van der Waals surface area (Å²) in [6, 6.07) is 16.9. The summed E-state index contributed by atoms with van der Waals surface area (Å²) in [6.45, 7) is 1.49. The maximum Gasteiger partial charge on any atom is 0.345 e. The van der Waals surface area contributed by atoms with Crippen LogP contribution in [0.3, 0.4) is 0 Å². The van der Waals surface area contributed by atoms with Gasteiger partial charge in [0, 0.05) is 24.2 Å². The highest BCUT2D eigenvalue weighted by Gasteiger charge is 1.91. The zero-order valence-corrected chi connectivity index (χ0v) is 11.5. The summed E-state index contributed by atoms with van der Waals surface area (Å²) in [5.41, 5.74) is 1.37. The van der Waals surface area contributed by atoms with Gasteiger partial charge in [-0.15, -0.1) is 0 Å². The number of amides is 1. The Hall–Kier alpha value is -2.95. The molecule has 1 amide bonds. The summed E-state index contributed by atoms with van der Waals surface area (Å²) in [5, 5.41) is 3.62. The van der Waals surface area contributed by atoms with Crippen LogP contribution in [0.5, 0.6) is 0 Å². The van der Waals surface area contributed by atoms with E-state index in [1.807, 2.05) is 54.6 Å². The highest BCUT2D eigenvalue weighted by molar-refractivity contribution is 5.88. The summed E-state index contributed by atoms with van der Waals surface area (Å²) >= 11 is 0. The number of aromatic amines is 1. The topological polar surface area (TPSA) is 74.8 Å². The minimum atomic E-state index is -0.302. The van der Waals surface area contributed by atoms with Crippen molar-refractivity contribution in [3.05, 3.63) is 71.3 Å². The van der Waals surface area contributed by atoms with Crippen LogP contribution in [0.25, 0.3) is 10.9 Å². The van der Waals surface area contributed by atoms with Crippen LogP contribution in [-0.4, -0.2) is 15.9 Å². The van der Waals surface area contributed by atoms with Crippen LogP contribution in [0.15, 0.2) is 65.6 Å². The Bertz CT molecular complexity index is 782. The number of fused-ring (bicyclic) bond motifs is 1. The van der Waals surface area contributed by atoms with Gasteiger partial charge in [-0.05, 0) is 18.2 Å². The Kier molecular flexibility index (Phi) is 4.82. The van der Waals surface area contributed by atoms with Crippen molar-refractivity contribution in [2.24, 2.45) is 0 Å². The lowest BCUT2D eigenvalue weighted by atomic mass is 10.2. The SMILES string of the molecule is CC(=O)Nc1ccccc1.O=c1ncc2ccccc2[nH]1. The van der Waals surface area contributed by atoms with E-state index in [0.29, 0.717) is 0 Å². The first-order valence-electron chi connectivity index (χ1n) is 6.42. The maximum atomic E-state index is 10.7. The number of rotatable bonds is 1. The first-order valence-corrected chi connectivity index (χ1v) is 6.42. The summed E-state index contributed by atoms with van der Waals surface area (Å²) in [7, 11) is 0. The van der Waals surface area contributed by atoms with Gasteiger partial charge in [-0.2, -0.15) is 0 Å². The lowest BCUT2D eigenvalue weighted by Crippen LogP contribution is -2.07. The van der Waals surface area contributed by atoms with Crippen molar-refractivity contribution in [2.45, 2.75) is 6.92 Å². The normalized spacial score (nSPS) is 9.57. The maximum absolute atomic E-state index is 10.7. The fourth-order valence-electron chi connectivity index (χ4n) is 1.72. The molecule has 5 nitrogen and oxygen atoms in total. The lowest BCUT2D eigenvalue weighted by Gasteiger charge is -1.98. The lowest BCUT2D eigenvalue weighted by molar-refractivity contribution is -0.114. The zero-order valence-electron chi connectivity index (χ0n) is 11.5. The molecule has 21 heavy (non-hydrogen) atoms. The molecule has 2 N–H and O–H groups in total. The Balaban J connectivity index is 0.000000155. The van der Waals surface area contributed by atoms with E-state index in [2.05, 4.69) is 15.3 Å². The minimum Gasteiger partial charge on any atom is -0.326 e. The van der Waals surface area contributed by atoms with Crippen LogP contribution in [0.1, 0.15) is 6.92 Å². The van der Waals surface area contributed by atoms with Gasteiger partial charge in [-0.25, -0.2) is 9.78 Å². The molecule has 5 heteroatoms. The number of hydrogen-bond acceptors (Lipinski definition) is 3. The third-order valence-electron chi connectivity index (χ3n) is 2.62. The third-order valence-corrected chi connectivity index (χ3v) is 2.62. The van der Waals surface area contributed by atoms with E-state index >= 15 is 0 Å². The van der Waals surface area contributed by atoms with E-state index in [-0.39, 0.29) is 11.6 Å². The summed E-state index contributed by atoms with van der Waals surface area (Å²) in [5.74, 6) is -0.0359. The highest BCUT2D eigenvalue weighted by atomic mass is 16.1. The fourth-order valence-corrected chi connectivity index (χ4v) is 1.72. The number of nitrogens with one attached hydrogen (secondary N) is 2. The van der Waals surface area contributed by atoms with Gasteiger partial charge in [-0.3, -0.25) is 4.79 Å². The molecule has 0 bridgehead atoms. The molecule has 3 aromatic rings. The van der Waals surface area contributed by atoms with Gasteiger partial charge in [0.05, 0.1) is 5.52 Å². The second-order valence-electron chi connectivity index (χ2n) is 4.32. The van der Waals surface area contributed by atoms with E-state index in [1.54, 1.807) is 6.20 Å². The van der Waals surface area contributed by atoms with Crippen molar-refractivity contribution in [3.8, 4) is 0 Å². The largest absolute Gasteiger partial charge is 0.345 e. The van der Waals surface area contributed by atoms with Crippen molar-refractivity contribution < 1.29 is 4.79 Å². The highest BCUT2D eigenvalue weighted by Crippen LogP contribution is 2.05. The Morgan fingerprint density at radius 1 is 1.05 bits per heavy atom. The average molecular weight is 281 g/mol. The van der Waals surface area contributed by atoms with Crippen molar-refractivity contribution in [1.29, 1.82) is 0 Å². The van der Waals surface area contributed by atoms with E-state index in [9.17, 15) is 9.59 Å². The van der Waals surface area contributed by atoms with E-state index in [1.165, 1.54) is 6.92 Å². The molecule has 0 aliphatic rings. The summed E-state index contributed by atoms with van der Waals surface area (Å²) in [4.78, 5) is 27.4. The molecule has 0 saturated carbocycles. The predicted molar refractivity (Wildman–Crippen MR) is 83.1 cm³/mol. The summed E-state index contributed by atoms with van der Waals surface area (Å²) in [6.07, 6.45) is 1.56. The van der Waals surface area contributed by atoms with Crippen LogP contribution in [0.2, 0.25) is 0 Å². The fraction of sp³-hybridized carbons (Fsp3) is 0.0625. The Morgan fingerprint density at radius 3 is 2.43 bits per heavy atom. The second kappa shape index (κ2) is 7.00. The number of aromatic nitrogens is 2. The Labute approximate surface area is 121 Å². The van der Waals surface area contributed by atoms with Gasteiger partial charge < -0.3 is 10.3 Å². The van der Waals surface area contributed by atoms with Crippen molar-refractivity contribution in [1.82, 2.24) is 9.97 Å². The number of hydrogen-bond donors (Lipinski definition) is 2. The van der Waals surface area contributed by atoms with E-state index in [4.69, 9.17) is 0 Å². The van der Waals surface area contributed by atoms with Gasteiger partial charge in [-0.1, -0.05) is 36.4 Å². The van der Waals surface area contributed by atoms with Crippen molar-refractivity contribution in [2.75, 3.05) is 5.32 Å². The molecule has 0 radical (unpaired) electrons. The molecule has 0 spiro atoms. The monoisotopic (exact) mass is 281 g/mol. The molecule has 2 aromatic carbocycles. The van der Waals surface area contributed by atoms with Crippen LogP contribution in [0, 0.1) is 0 Å². The van der Waals surface area contributed by atoms with Gasteiger partial charge in [0.25, 0.3) is 0 Å². The smallest absolute Gasteiger partial charge is 0.326 e. The van der Waals surface area contributed by atoms with Gasteiger partial charge in [0.15, 0.2) is 0 Å². The zero-order chi connectivity index (χ0) is 15.1. The second-order valence-corrected chi connectivity index (χ2v) is 4.32. The van der Waals surface area contributed by atoms with Crippen molar-refractivity contribution in [3.63, 3.8) is 0 Å². The number of anilines is 1. The number of para-hydroxylation sites is 2. The minimum absolute atomic E-state index is 0.0359. The molecular formula is C16H15N3O2. The molecule has 0 aliphatic heterocycles. The number of nitrogens with zero attached hydrogens (tertiary/aromatic N) is 1. The molecule has 0 unspecified atom stereocenters. The average Bonchev–Trinajstić information content (AvgIpc) is 2.48. The number of carbonyl (C=O) groups is 1. The van der Waals surface area contributed by atoms with Crippen molar-refractivity contribution >= 4 is 22.5 Å².